The molecule has 0 bridgehead atoms. The molecule has 0 atom stereocenters. The zero-order valence-corrected chi connectivity index (χ0v) is 14.4. The first-order chi connectivity index (χ1) is 12.4. The van der Waals surface area contributed by atoms with Crippen LogP contribution < -0.4 is 10.6 Å². The molecular formula is C18H14ClF2N3O2. The average Bonchev–Trinajstić information content (AvgIpc) is 2.98. The lowest BCUT2D eigenvalue weighted by atomic mass is 10.1. The highest BCUT2D eigenvalue weighted by Crippen LogP contribution is 2.25. The van der Waals surface area contributed by atoms with E-state index in [0.29, 0.717) is 22.4 Å². The largest absolute Gasteiger partial charge is 0.438 e. The number of carbonyl (C=O) groups is 1. The lowest BCUT2D eigenvalue weighted by Gasteiger charge is -2.06. The van der Waals surface area contributed by atoms with Crippen LogP contribution in [0.15, 0.2) is 46.9 Å². The Labute approximate surface area is 153 Å². The van der Waals surface area contributed by atoms with Gasteiger partial charge in [0.15, 0.2) is 17.4 Å². The maximum Gasteiger partial charge on any atom is 0.319 e. The van der Waals surface area contributed by atoms with Crippen LogP contribution in [0.25, 0.3) is 11.3 Å². The van der Waals surface area contributed by atoms with E-state index in [0.717, 1.165) is 17.7 Å². The van der Waals surface area contributed by atoms with Crippen molar-refractivity contribution >= 4 is 23.3 Å². The van der Waals surface area contributed by atoms with Gasteiger partial charge in [-0.05, 0) is 43.3 Å². The van der Waals surface area contributed by atoms with E-state index in [1.807, 2.05) is 12.1 Å². The molecule has 2 aromatic carbocycles. The van der Waals surface area contributed by atoms with Crippen molar-refractivity contribution in [3.05, 3.63) is 70.7 Å². The Morgan fingerprint density at radius 2 is 1.88 bits per heavy atom. The van der Waals surface area contributed by atoms with Crippen LogP contribution in [-0.2, 0) is 6.54 Å². The van der Waals surface area contributed by atoms with Crippen molar-refractivity contribution < 1.29 is 18.0 Å². The summed E-state index contributed by atoms with van der Waals surface area (Å²) in [5, 5.41) is 5.55. The predicted molar refractivity (Wildman–Crippen MR) is 93.9 cm³/mol. The number of aryl methyl sites for hydroxylation is 1. The van der Waals surface area contributed by atoms with E-state index in [1.165, 1.54) is 6.07 Å². The fourth-order valence-electron chi connectivity index (χ4n) is 2.30. The first-order valence-corrected chi connectivity index (χ1v) is 8.02. The molecule has 134 valence electrons. The molecular weight excluding hydrogens is 364 g/mol. The number of hydrogen-bond acceptors (Lipinski definition) is 3. The molecule has 0 saturated heterocycles. The normalized spacial score (nSPS) is 10.6. The number of urea groups is 1. The van der Waals surface area contributed by atoms with Gasteiger partial charge in [-0.25, -0.2) is 18.6 Å². The molecule has 0 aliphatic heterocycles. The van der Waals surface area contributed by atoms with Crippen molar-refractivity contribution in [3.63, 3.8) is 0 Å². The van der Waals surface area contributed by atoms with Crippen LogP contribution in [0.2, 0.25) is 5.02 Å². The maximum atomic E-state index is 13.1. The van der Waals surface area contributed by atoms with Gasteiger partial charge in [-0.1, -0.05) is 11.6 Å². The van der Waals surface area contributed by atoms with Crippen LogP contribution in [0, 0.1) is 18.6 Å². The minimum Gasteiger partial charge on any atom is -0.438 e. The van der Waals surface area contributed by atoms with Gasteiger partial charge >= 0.3 is 6.03 Å². The van der Waals surface area contributed by atoms with Crippen LogP contribution in [0.3, 0.4) is 0 Å². The molecule has 0 aliphatic rings. The van der Waals surface area contributed by atoms with Gasteiger partial charge in [0.2, 0.25) is 5.89 Å². The van der Waals surface area contributed by atoms with Crippen LogP contribution in [0.5, 0.6) is 0 Å². The van der Waals surface area contributed by atoms with Crippen LogP contribution >= 0.6 is 11.6 Å². The van der Waals surface area contributed by atoms with Gasteiger partial charge in [0.1, 0.15) is 0 Å². The van der Waals surface area contributed by atoms with E-state index in [2.05, 4.69) is 15.6 Å². The first-order valence-electron chi connectivity index (χ1n) is 7.64. The second kappa shape index (κ2) is 7.53. The second-order valence-electron chi connectivity index (χ2n) is 5.47. The molecule has 0 radical (unpaired) electrons. The highest BCUT2D eigenvalue weighted by atomic mass is 35.5. The van der Waals surface area contributed by atoms with E-state index in [1.54, 1.807) is 19.1 Å². The molecule has 0 unspecified atom stereocenters. The lowest BCUT2D eigenvalue weighted by molar-refractivity contribution is 0.250. The topological polar surface area (TPSA) is 67.2 Å². The number of hydrogen-bond donors (Lipinski definition) is 2. The summed E-state index contributed by atoms with van der Waals surface area (Å²) in [6.45, 7) is 1.82. The van der Waals surface area contributed by atoms with Gasteiger partial charge in [0, 0.05) is 22.3 Å². The van der Waals surface area contributed by atoms with E-state index in [9.17, 15) is 13.6 Å². The summed E-state index contributed by atoms with van der Waals surface area (Å²) in [6, 6.07) is 9.58. The predicted octanol–water partition coefficient (Wildman–Crippen LogP) is 4.90. The molecule has 26 heavy (non-hydrogen) atoms. The second-order valence-corrected chi connectivity index (χ2v) is 5.90. The summed E-state index contributed by atoms with van der Waals surface area (Å²) >= 11 is 5.87. The zero-order valence-electron chi connectivity index (χ0n) is 13.6. The van der Waals surface area contributed by atoms with Gasteiger partial charge in [-0.15, -0.1) is 0 Å². The summed E-state index contributed by atoms with van der Waals surface area (Å²) < 4.78 is 31.7. The maximum absolute atomic E-state index is 13.1. The quantitative estimate of drug-likeness (QED) is 0.679. The average molecular weight is 378 g/mol. The van der Waals surface area contributed by atoms with Crippen molar-refractivity contribution in [1.82, 2.24) is 10.3 Å². The van der Waals surface area contributed by atoms with Gasteiger partial charge in [-0.3, -0.25) is 0 Å². The van der Waals surface area contributed by atoms with Crippen molar-refractivity contribution in [1.29, 1.82) is 0 Å². The number of halogens is 3. The molecule has 0 saturated carbocycles. The minimum absolute atomic E-state index is 0.0317. The number of rotatable bonds is 4. The van der Waals surface area contributed by atoms with Gasteiger partial charge in [0.25, 0.3) is 0 Å². The molecule has 3 rings (SSSR count). The third-order valence-electron chi connectivity index (χ3n) is 3.52. The number of nitrogens with one attached hydrogen (secondary N) is 2. The smallest absolute Gasteiger partial charge is 0.319 e. The molecule has 0 aliphatic carbocycles. The third-order valence-corrected chi connectivity index (χ3v) is 3.78. The molecule has 2 amide bonds. The summed E-state index contributed by atoms with van der Waals surface area (Å²) in [4.78, 5) is 16.1. The summed E-state index contributed by atoms with van der Waals surface area (Å²) in [5.74, 6) is -1.13. The Bertz CT molecular complexity index is 942. The number of benzene rings is 2. The molecule has 5 nitrogen and oxygen atoms in total. The number of nitrogens with zero attached hydrogens (tertiary/aromatic N) is 1. The molecule has 3 aromatic rings. The molecule has 2 N–H and O–H groups in total. The number of aromatic nitrogens is 1. The fourth-order valence-corrected chi connectivity index (χ4v) is 2.43. The van der Waals surface area contributed by atoms with Crippen LogP contribution in [0.1, 0.15) is 11.6 Å². The standard InChI is InChI=1S/C18H14ClF2N3O2/c1-10-17(11-2-4-12(19)5-3-11)26-16(23-10)9-22-18(25)24-13-6-7-14(20)15(21)8-13/h2-8H,9H2,1H3,(H2,22,24,25). The summed E-state index contributed by atoms with van der Waals surface area (Å²) in [6.07, 6.45) is 0. The Hall–Kier alpha value is -2.93. The Morgan fingerprint density at radius 1 is 1.15 bits per heavy atom. The van der Waals surface area contributed by atoms with Gasteiger partial charge < -0.3 is 15.1 Å². The Balaban J connectivity index is 1.62. The number of amides is 2. The third kappa shape index (κ3) is 4.18. The van der Waals surface area contributed by atoms with E-state index < -0.39 is 17.7 Å². The Kier molecular flexibility index (Phi) is 5.18. The number of oxazole rings is 1. The van der Waals surface area contributed by atoms with E-state index >= 15 is 0 Å². The number of carbonyl (C=O) groups excluding carboxylic acids is 1. The van der Waals surface area contributed by atoms with Gasteiger partial charge in [-0.2, -0.15) is 0 Å². The first kappa shape index (κ1) is 17.9. The van der Waals surface area contributed by atoms with Crippen molar-refractivity contribution in [2.24, 2.45) is 0 Å². The van der Waals surface area contributed by atoms with Gasteiger partial charge in [0.05, 0.1) is 12.2 Å². The molecule has 0 fully saturated rings. The summed E-state index contributed by atoms with van der Waals surface area (Å²) in [5.41, 5.74) is 1.62. The minimum atomic E-state index is -1.04. The van der Waals surface area contributed by atoms with E-state index in [4.69, 9.17) is 16.0 Å². The van der Waals surface area contributed by atoms with E-state index in [-0.39, 0.29) is 12.2 Å². The highest BCUT2D eigenvalue weighted by Gasteiger charge is 2.13. The SMILES string of the molecule is Cc1nc(CNC(=O)Nc2ccc(F)c(F)c2)oc1-c1ccc(Cl)cc1. The van der Waals surface area contributed by atoms with Crippen molar-refractivity contribution in [2.75, 3.05) is 5.32 Å². The fraction of sp³-hybridized carbons (Fsp3) is 0.111. The highest BCUT2D eigenvalue weighted by molar-refractivity contribution is 6.30. The van der Waals surface area contributed by atoms with Crippen LogP contribution in [-0.4, -0.2) is 11.0 Å². The lowest BCUT2D eigenvalue weighted by Crippen LogP contribution is -2.28. The van der Waals surface area contributed by atoms with Crippen molar-refractivity contribution in [2.45, 2.75) is 13.5 Å². The summed E-state index contributed by atoms with van der Waals surface area (Å²) in [7, 11) is 0. The van der Waals surface area contributed by atoms with Crippen molar-refractivity contribution in [3.8, 4) is 11.3 Å². The van der Waals surface area contributed by atoms with Crippen LogP contribution in [0.4, 0.5) is 19.3 Å². The zero-order chi connectivity index (χ0) is 18.7. The Morgan fingerprint density at radius 3 is 2.58 bits per heavy atom. The monoisotopic (exact) mass is 377 g/mol. The molecule has 8 heteroatoms. The molecule has 1 heterocycles. The molecule has 0 spiro atoms. The molecule has 1 aromatic heterocycles. The number of anilines is 1.